The van der Waals surface area contributed by atoms with Crippen molar-refractivity contribution in [1.82, 2.24) is 0 Å². The Hall–Kier alpha value is -3.93. The first-order valence-corrected chi connectivity index (χ1v) is 8.56. The molecule has 0 atom stereocenters. The maximum atomic E-state index is 12.5. The molecule has 0 aromatic heterocycles. The van der Waals surface area contributed by atoms with Gasteiger partial charge in [-0.1, -0.05) is 54.1 Å². The van der Waals surface area contributed by atoms with Crippen LogP contribution in [0.1, 0.15) is 5.56 Å². The van der Waals surface area contributed by atoms with Crippen molar-refractivity contribution in [1.29, 1.82) is 0 Å². The summed E-state index contributed by atoms with van der Waals surface area (Å²) in [6.45, 7) is 1.95. The van der Waals surface area contributed by atoms with Gasteiger partial charge in [-0.15, -0.1) is 0 Å². The van der Waals surface area contributed by atoms with E-state index >= 15 is 0 Å². The lowest BCUT2D eigenvalue weighted by molar-refractivity contribution is -0.131. The van der Waals surface area contributed by atoms with Crippen LogP contribution in [0.25, 0.3) is 0 Å². The van der Waals surface area contributed by atoms with Crippen LogP contribution in [-0.4, -0.2) is 17.7 Å². The predicted molar refractivity (Wildman–Crippen MR) is 106 cm³/mol. The Bertz CT molecular complexity index is 913. The Morgan fingerprint density at radius 2 is 1.18 bits per heavy atom. The number of rotatable bonds is 6. The number of ether oxygens (including phenoxy) is 2. The van der Waals surface area contributed by atoms with Crippen molar-refractivity contribution < 1.29 is 19.1 Å². The van der Waals surface area contributed by atoms with E-state index in [0.29, 0.717) is 17.2 Å². The predicted octanol–water partition coefficient (Wildman–Crippen LogP) is 3.97. The monoisotopic (exact) mass is 374 g/mol. The Labute approximate surface area is 162 Å². The molecule has 3 aromatic rings. The molecule has 0 radical (unpaired) electrons. The number of para-hydroxylation sites is 2. The van der Waals surface area contributed by atoms with Crippen LogP contribution in [-0.2, 0) is 9.59 Å². The zero-order valence-corrected chi connectivity index (χ0v) is 15.2. The van der Waals surface area contributed by atoms with Crippen LogP contribution >= 0.6 is 0 Å². The third-order valence-corrected chi connectivity index (χ3v) is 3.64. The quantitative estimate of drug-likeness (QED) is 0.232. The standard InChI is InChI=1S/C22H18N2O4/c1-16-12-14-17(15-13-16)23-24-20(21(25)27-18-8-4-2-5-9-18)22(26)28-19-10-6-3-7-11-19/h2-15,23H,1H3. The van der Waals surface area contributed by atoms with Gasteiger partial charge < -0.3 is 9.47 Å². The summed E-state index contributed by atoms with van der Waals surface area (Å²) in [6.07, 6.45) is 0. The van der Waals surface area contributed by atoms with Crippen molar-refractivity contribution in [2.75, 3.05) is 5.43 Å². The Kier molecular flexibility index (Phi) is 6.15. The summed E-state index contributed by atoms with van der Waals surface area (Å²) >= 11 is 0. The van der Waals surface area contributed by atoms with E-state index in [4.69, 9.17) is 9.47 Å². The number of nitrogens with zero attached hydrogens (tertiary/aromatic N) is 1. The first-order valence-electron chi connectivity index (χ1n) is 8.56. The molecular formula is C22H18N2O4. The van der Waals surface area contributed by atoms with Gasteiger partial charge in [0, 0.05) is 0 Å². The maximum Gasteiger partial charge on any atom is 0.371 e. The molecule has 140 valence electrons. The number of carbonyl (C=O) groups is 2. The molecule has 3 aromatic carbocycles. The number of anilines is 1. The molecule has 0 bridgehead atoms. The van der Waals surface area contributed by atoms with Crippen molar-refractivity contribution in [3.05, 3.63) is 90.5 Å². The summed E-state index contributed by atoms with van der Waals surface area (Å²) in [5.74, 6) is -1.26. The first-order chi connectivity index (χ1) is 13.6. The van der Waals surface area contributed by atoms with Gasteiger partial charge in [0.25, 0.3) is 5.71 Å². The molecule has 0 unspecified atom stereocenters. The van der Waals surface area contributed by atoms with Crippen molar-refractivity contribution in [3.63, 3.8) is 0 Å². The lowest BCUT2D eigenvalue weighted by atomic mass is 10.2. The highest BCUT2D eigenvalue weighted by molar-refractivity contribution is 6.63. The molecule has 3 rings (SSSR count). The van der Waals surface area contributed by atoms with E-state index < -0.39 is 17.7 Å². The van der Waals surface area contributed by atoms with Crippen LogP contribution in [0.5, 0.6) is 11.5 Å². The summed E-state index contributed by atoms with van der Waals surface area (Å²) < 4.78 is 10.5. The van der Waals surface area contributed by atoms with Crippen LogP contribution in [0.3, 0.4) is 0 Å². The van der Waals surface area contributed by atoms with Crippen molar-refractivity contribution in [2.24, 2.45) is 5.10 Å². The third kappa shape index (κ3) is 5.28. The van der Waals surface area contributed by atoms with E-state index in [9.17, 15) is 9.59 Å². The number of hydrogen-bond donors (Lipinski definition) is 1. The molecule has 0 spiro atoms. The summed E-state index contributed by atoms with van der Waals surface area (Å²) in [5, 5.41) is 3.93. The minimum absolute atomic E-state index is 0.294. The number of aryl methyl sites for hydroxylation is 1. The zero-order chi connectivity index (χ0) is 19.8. The maximum absolute atomic E-state index is 12.5. The van der Waals surface area contributed by atoms with Crippen molar-refractivity contribution in [2.45, 2.75) is 6.92 Å². The molecule has 28 heavy (non-hydrogen) atoms. The molecular weight excluding hydrogens is 356 g/mol. The number of benzene rings is 3. The second kappa shape index (κ2) is 9.14. The van der Waals surface area contributed by atoms with E-state index in [1.165, 1.54) is 0 Å². The van der Waals surface area contributed by atoms with E-state index in [0.717, 1.165) is 5.56 Å². The summed E-state index contributed by atoms with van der Waals surface area (Å²) in [6, 6.07) is 24.2. The first kappa shape index (κ1) is 18.8. The highest BCUT2D eigenvalue weighted by atomic mass is 16.6. The largest absolute Gasteiger partial charge is 0.422 e. The summed E-state index contributed by atoms with van der Waals surface area (Å²) in [5.41, 5.74) is 3.87. The van der Waals surface area contributed by atoms with Gasteiger partial charge in [0.2, 0.25) is 0 Å². The van der Waals surface area contributed by atoms with Gasteiger partial charge in [0.05, 0.1) is 5.69 Å². The van der Waals surface area contributed by atoms with Gasteiger partial charge in [-0.25, -0.2) is 9.59 Å². The van der Waals surface area contributed by atoms with Crippen molar-refractivity contribution in [3.8, 4) is 11.5 Å². The Balaban J connectivity index is 1.81. The normalized spacial score (nSPS) is 9.89. The van der Waals surface area contributed by atoms with E-state index in [2.05, 4.69) is 10.5 Å². The fraction of sp³-hybridized carbons (Fsp3) is 0.0455. The van der Waals surface area contributed by atoms with E-state index in [1.54, 1.807) is 72.8 Å². The lowest BCUT2D eigenvalue weighted by Gasteiger charge is -2.08. The van der Waals surface area contributed by atoms with Crippen molar-refractivity contribution >= 4 is 23.3 Å². The van der Waals surface area contributed by atoms with Crippen LogP contribution in [0.2, 0.25) is 0 Å². The molecule has 0 saturated carbocycles. The van der Waals surface area contributed by atoms with Crippen LogP contribution in [0, 0.1) is 6.92 Å². The molecule has 0 aliphatic carbocycles. The molecule has 6 heteroatoms. The zero-order valence-electron chi connectivity index (χ0n) is 15.2. The number of carbonyl (C=O) groups excluding carboxylic acids is 2. The topological polar surface area (TPSA) is 77.0 Å². The average Bonchev–Trinajstić information content (AvgIpc) is 2.71. The van der Waals surface area contributed by atoms with Crippen LogP contribution in [0.4, 0.5) is 5.69 Å². The van der Waals surface area contributed by atoms with Gasteiger partial charge in [0.1, 0.15) is 11.5 Å². The second-order valence-electron chi connectivity index (χ2n) is 5.84. The molecule has 1 N–H and O–H groups in total. The van der Waals surface area contributed by atoms with Gasteiger partial charge in [0.15, 0.2) is 0 Å². The Morgan fingerprint density at radius 1 is 0.714 bits per heavy atom. The van der Waals surface area contributed by atoms with E-state index in [1.807, 2.05) is 19.1 Å². The number of hydrogen-bond acceptors (Lipinski definition) is 6. The fourth-order valence-electron chi connectivity index (χ4n) is 2.21. The van der Waals surface area contributed by atoms with Crippen LogP contribution < -0.4 is 14.9 Å². The van der Waals surface area contributed by atoms with Gasteiger partial charge in [-0.3, -0.25) is 5.43 Å². The smallest absolute Gasteiger partial charge is 0.371 e. The minimum Gasteiger partial charge on any atom is -0.422 e. The minimum atomic E-state index is -0.924. The Morgan fingerprint density at radius 3 is 1.64 bits per heavy atom. The number of nitrogens with one attached hydrogen (secondary N) is 1. The SMILES string of the molecule is Cc1ccc(NN=C(C(=O)Oc2ccccc2)C(=O)Oc2ccccc2)cc1. The highest BCUT2D eigenvalue weighted by Gasteiger charge is 2.25. The summed E-state index contributed by atoms with van der Waals surface area (Å²) in [4.78, 5) is 25.1. The molecule has 0 saturated heterocycles. The molecule has 0 amide bonds. The number of hydrazone groups is 1. The van der Waals surface area contributed by atoms with Crippen LogP contribution in [0.15, 0.2) is 90.0 Å². The highest BCUT2D eigenvalue weighted by Crippen LogP contribution is 2.13. The fourth-order valence-corrected chi connectivity index (χ4v) is 2.21. The lowest BCUT2D eigenvalue weighted by Crippen LogP contribution is -2.32. The molecule has 0 aliphatic heterocycles. The van der Waals surface area contributed by atoms with Gasteiger partial charge >= 0.3 is 11.9 Å². The van der Waals surface area contributed by atoms with Gasteiger partial charge in [-0.05, 0) is 43.3 Å². The summed E-state index contributed by atoms with van der Waals surface area (Å²) in [7, 11) is 0. The molecule has 0 heterocycles. The van der Waals surface area contributed by atoms with E-state index in [-0.39, 0.29) is 0 Å². The molecule has 0 fully saturated rings. The second-order valence-corrected chi connectivity index (χ2v) is 5.84. The molecule has 6 nitrogen and oxygen atoms in total. The average molecular weight is 374 g/mol. The third-order valence-electron chi connectivity index (χ3n) is 3.64. The molecule has 0 aliphatic rings. The van der Waals surface area contributed by atoms with Gasteiger partial charge in [-0.2, -0.15) is 5.10 Å². The number of esters is 2.